The molecule has 0 radical (unpaired) electrons. The van der Waals surface area contributed by atoms with E-state index >= 15 is 0 Å². The molecule has 0 aromatic carbocycles. The van der Waals surface area contributed by atoms with Gasteiger partial charge in [-0.3, -0.25) is 0 Å². The van der Waals surface area contributed by atoms with Crippen LogP contribution in [0.3, 0.4) is 0 Å². The minimum Gasteiger partial charge on any atom is -0.314 e. The van der Waals surface area contributed by atoms with Crippen LogP contribution in [0.5, 0.6) is 0 Å². The zero-order valence-electron chi connectivity index (χ0n) is 10.5. The second-order valence-corrected chi connectivity index (χ2v) is 5.70. The number of nitrogens with one attached hydrogen (secondary N) is 1. The van der Waals surface area contributed by atoms with Gasteiger partial charge in [-0.25, -0.2) is 0 Å². The van der Waals surface area contributed by atoms with E-state index in [4.69, 9.17) is 0 Å². The third-order valence-electron chi connectivity index (χ3n) is 4.74. The highest BCUT2D eigenvalue weighted by Crippen LogP contribution is 2.40. The van der Waals surface area contributed by atoms with Gasteiger partial charge in [0.05, 0.1) is 0 Å². The van der Waals surface area contributed by atoms with Gasteiger partial charge < -0.3 is 5.32 Å². The summed E-state index contributed by atoms with van der Waals surface area (Å²) >= 11 is 0. The van der Waals surface area contributed by atoms with E-state index in [9.17, 15) is 0 Å². The van der Waals surface area contributed by atoms with Crippen molar-refractivity contribution in [1.82, 2.24) is 5.32 Å². The highest BCUT2D eigenvalue weighted by atomic mass is 14.9. The Bertz CT molecular complexity index is 184. The Kier molecular flexibility index (Phi) is 4.07. The molecular formula is C14H27N. The van der Waals surface area contributed by atoms with Crippen LogP contribution in [-0.4, -0.2) is 12.6 Å². The number of hydrogen-bond donors (Lipinski definition) is 1. The van der Waals surface area contributed by atoms with Crippen LogP contribution in [0.2, 0.25) is 0 Å². The fraction of sp³-hybridized carbons (Fsp3) is 1.00. The lowest BCUT2D eigenvalue weighted by Crippen LogP contribution is -2.42. The van der Waals surface area contributed by atoms with Crippen LogP contribution in [0.25, 0.3) is 0 Å². The summed E-state index contributed by atoms with van der Waals surface area (Å²) in [6.45, 7) is 5.89. The quantitative estimate of drug-likeness (QED) is 0.746. The highest BCUT2D eigenvalue weighted by Gasteiger charge is 2.35. The first kappa shape index (κ1) is 11.4. The van der Waals surface area contributed by atoms with Gasteiger partial charge in [-0.05, 0) is 43.6 Å². The summed E-state index contributed by atoms with van der Waals surface area (Å²) in [6, 6.07) is 0.843. The van der Waals surface area contributed by atoms with Crippen molar-refractivity contribution in [3.63, 3.8) is 0 Å². The van der Waals surface area contributed by atoms with E-state index in [2.05, 4.69) is 19.2 Å². The van der Waals surface area contributed by atoms with E-state index in [1.54, 1.807) is 0 Å². The molecule has 2 fully saturated rings. The van der Waals surface area contributed by atoms with Gasteiger partial charge in [0, 0.05) is 6.04 Å². The zero-order valence-corrected chi connectivity index (χ0v) is 10.5. The number of hydrogen-bond acceptors (Lipinski definition) is 1. The van der Waals surface area contributed by atoms with Gasteiger partial charge >= 0.3 is 0 Å². The van der Waals surface area contributed by atoms with Gasteiger partial charge in [-0.15, -0.1) is 0 Å². The van der Waals surface area contributed by atoms with Crippen LogP contribution in [0, 0.1) is 17.8 Å². The minimum absolute atomic E-state index is 0.843. The Morgan fingerprint density at radius 1 is 1.07 bits per heavy atom. The van der Waals surface area contributed by atoms with E-state index in [0.717, 1.165) is 30.3 Å². The average molecular weight is 209 g/mol. The molecule has 3 unspecified atom stereocenters. The molecule has 2 saturated carbocycles. The largest absolute Gasteiger partial charge is 0.314 e. The first-order valence-corrected chi connectivity index (χ1v) is 7.06. The van der Waals surface area contributed by atoms with Gasteiger partial charge in [0.25, 0.3) is 0 Å². The Labute approximate surface area is 95.0 Å². The van der Waals surface area contributed by atoms with Crippen LogP contribution in [-0.2, 0) is 0 Å². The number of rotatable bonds is 4. The third kappa shape index (κ3) is 2.55. The minimum atomic E-state index is 0.843. The fourth-order valence-electron chi connectivity index (χ4n) is 3.93. The summed E-state index contributed by atoms with van der Waals surface area (Å²) in [7, 11) is 0. The van der Waals surface area contributed by atoms with Gasteiger partial charge in [-0.2, -0.15) is 0 Å². The monoisotopic (exact) mass is 209 g/mol. The predicted molar refractivity (Wildman–Crippen MR) is 65.9 cm³/mol. The van der Waals surface area contributed by atoms with Gasteiger partial charge in [-0.1, -0.05) is 39.5 Å². The van der Waals surface area contributed by atoms with Crippen molar-refractivity contribution < 1.29 is 0 Å². The topological polar surface area (TPSA) is 12.0 Å². The van der Waals surface area contributed by atoms with Crippen molar-refractivity contribution >= 4 is 0 Å². The van der Waals surface area contributed by atoms with Gasteiger partial charge in [0.2, 0.25) is 0 Å². The molecule has 88 valence electrons. The SMILES string of the molecule is CCNC(C1CCCC1)C1CCCC1C. The highest BCUT2D eigenvalue weighted by molar-refractivity contribution is 4.90. The maximum absolute atomic E-state index is 3.80. The Morgan fingerprint density at radius 3 is 2.33 bits per heavy atom. The lowest BCUT2D eigenvalue weighted by Gasteiger charge is -2.32. The van der Waals surface area contributed by atoms with Crippen molar-refractivity contribution in [2.45, 2.75) is 64.8 Å². The molecule has 2 aliphatic rings. The summed E-state index contributed by atoms with van der Waals surface area (Å²) in [6.07, 6.45) is 10.4. The molecule has 2 rings (SSSR count). The zero-order chi connectivity index (χ0) is 10.7. The molecule has 1 nitrogen and oxygen atoms in total. The van der Waals surface area contributed by atoms with E-state index in [1.807, 2.05) is 0 Å². The molecule has 3 atom stereocenters. The van der Waals surface area contributed by atoms with E-state index in [1.165, 1.54) is 44.9 Å². The molecular weight excluding hydrogens is 182 g/mol. The first-order chi connectivity index (χ1) is 7.33. The molecule has 2 aliphatic carbocycles. The average Bonchev–Trinajstić information content (AvgIpc) is 2.85. The molecule has 0 spiro atoms. The van der Waals surface area contributed by atoms with Crippen molar-refractivity contribution in [3.05, 3.63) is 0 Å². The van der Waals surface area contributed by atoms with E-state index in [-0.39, 0.29) is 0 Å². The molecule has 0 aromatic rings. The second kappa shape index (κ2) is 5.34. The van der Waals surface area contributed by atoms with Crippen LogP contribution in [0.1, 0.15) is 58.8 Å². The van der Waals surface area contributed by atoms with Crippen molar-refractivity contribution in [1.29, 1.82) is 0 Å². The van der Waals surface area contributed by atoms with Crippen LogP contribution < -0.4 is 5.32 Å². The summed E-state index contributed by atoms with van der Waals surface area (Å²) in [5.41, 5.74) is 0. The molecule has 1 heteroatoms. The summed E-state index contributed by atoms with van der Waals surface area (Å²) in [4.78, 5) is 0. The van der Waals surface area contributed by atoms with Crippen molar-refractivity contribution in [2.24, 2.45) is 17.8 Å². The lowest BCUT2D eigenvalue weighted by molar-refractivity contribution is 0.225. The van der Waals surface area contributed by atoms with Gasteiger partial charge in [0.15, 0.2) is 0 Å². The standard InChI is InChI=1S/C14H27N/c1-3-15-14(12-8-4-5-9-12)13-10-6-7-11(13)2/h11-15H,3-10H2,1-2H3. The molecule has 0 aromatic heterocycles. The van der Waals surface area contributed by atoms with Crippen LogP contribution in [0.15, 0.2) is 0 Å². The normalized spacial score (nSPS) is 34.8. The second-order valence-electron chi connectivity index (χ2n) is 5.70. The molecule has 0 heterocycles. The fourth-order valence-corrected chi connectivity index (χ4v) is 3.93. The maximum atomic E-state index is 3.80. The molecule has 0 aliphatic heterocycles. The molecule has 0 saturated heterocycles. The third-order valence-corrected chi connectivity index (χ3v) is 4.74. The Balaban J connectivity index is 1.97. The molecule has 15 heavy (non-hydrogen) atoms. The summed E-state index contributed by atoms with van der Waals surface area (Å²) in [5, 5.41) is 3.80. The Morgan fingerprint density at radius 2 is 1.80 bits per heavy atom. The summed E-state index contributed by atoms with van der Waals surface area (Å²) < 4.78 is 0. The predicted octanol–water partition coefficient (Wildman–Crippen LogP) is 3.59. The molecule has 0 bridgehead atoms. The molecule has 1 N–H and O–H groups in total. The van der Waals surface area contributed by atoms with E-state index < -0.39 is 0 Å². The van der Waals surface area contributed by atoms with Crippen LogP contribution in [0.4, 0.5) is 0 Å². The van der Waals surface area contributed by atoms with Crippen molar-refractivity contribution in [3.8, 4) is 0 Å². The summed E-state index contributed by atoms with van der Waals surface area (Å²) in [5.74, 6) is 2.94. The Hall–Kier alpha value is -0.0400. The lowest BCUT2D eigenvalue weighted by atomic mass is 9.81. The molecule has 0 amide bonds. The van der Waals surface area contributed by atoms with Crippen molar-refractivity contribution in [2.75, 3.05) is 6.54 Å². The smallest absolute Gasteiger partial charge is 0.0126 e. The van der Waals surface area contributed by atoms with Gasteiger partial charge in [0.1, 0.15) is 0 Å². The first-order valence-electron chi connectivity index (χ1n) is 7.06. The maximum Gasteiger partial charge on any atom is 0.0126 e. The van der Waals surface area contributed by atoms with E-state index in [0.29, 0.717) is 0 Å². The van der Waals surface area contributed by atoms with Crippen LogP contribution >= 0.6 is 0 Å².